The van der Waals surface area contributed by atoms with Crippen molar-refractivity contribution in [2.24, 2.45) is 5.41 Å². The molecular weight excluding hydrogens is 156 g/mol. The molecule has 0 aliphatic heterocycles. The van der Waals surface area contributed by atoms with E-state index in [2.05, 4.69) is 13.8 Å². The second-order valence-electron chi connectivity index (χ2n) is 4.16. The van der Waals surface area contributed by atoms with Crippen LogP contribution in [0.1, 0.15) is 79.1 Å². The minimum atomic E-state index is 0.771. The van der Waals surface area contributed by atoms with E-state index in [9.17, 15) is 0 Å². The molecule has 0 heterocycles. The van der Waals surface area contributed by atoms with Gasteiger partial charge in [-0.05, 0) is 24.7 Å². The zero-order valence-corrected chi connectivity index (χ0v) is 10.2. The monoisotopic (exact) mass is 184 g/mol. The molecule has 80 valence electrons. The molecule has 0 atom stereocenters. The van der Waals surface area contributed by atoms with Crippen LogP contribution in [0, 0.1) is 5.41 Å². The summed E-state index contributed by atoms with van der Waals surface area (Å²) >= 11 is 0. The molecule has 1 aliphatic rings. The van der Waals surface area contributed by atoms with Crippen LogP contribution in [0.15, 0.2) is 0 Å². The fourth-order valence-electron chi connectivity index (χ4n) is 2.61. The zero-order valence-electron chi connectivity index (χ0n) is 10.2. The van der Waals surface area contributed by atoms with Crippen molar-refractivity contribution in [3.63, 3.8) is 0 Å². The molecule has 0 saturated heterocycles. The molecule has 1 aliphatic carbocycles. The molecule has 0 aromatic heterocycles. The van der Waals surface area contributed by atoms with Crippen molar-refractivity contribution in [1.29, 1.82) is 0 Å². The van der Waals surface area contributed by atoms with Gasteiger partial charge in [0.15, 0.2) is 0 Å². The zero-order chi connectivity index (χ0) is 10.2. The summed E-state index contributed by atoms with van der Waals surface area (Å²) in [6.07, 6.45) is 11.8. The Morgan fingerprint density at radius 3 is 1.85 bits per heavy atom. The minimum absolute atomic E-state index is 0.771. The molecule has 0 bridgehead atoms. The average Bonchev–Trinajstić information content (AvgIpc) is 2.23. The number of rotatable bonds is 3. The second kappa shape index (κ2) is 7.41. The van der Waals surface area contributed by atoms with Crippen LogP contribution >= 0.6 is 0 Å². The van der Waals surface area contributed by atoms with Gasteiger partial charge in [0.05, 0.1) is 0 Å². The van der Waals surface area contributed by atoms with Crippen molar-refractivity contribution in [1.82, 2.24) is 0 Å². The van der Waals surface area contributed by atoms with Crippen LogP contribution in [0.5, 0.6) is 0 Å². The third-order valence-electron chi connectivity index (χ3n) is 3.44. The Bertz CT molecular complexity index is 93.1. The van der Waals surface area contributed by atoms with E-state index in [0.717, 1.165) is 5.41 Å². The molecule has 0 spiro atoms. The molecule has 0 aromatic carbocycles. The molecule has 0 nitrogen and oxygen atoms in total. The lowest BCUT2D eigenvalue weighted by Crippen LogP contribution is -2.22. The van der Waals surface area contributed by atoms with Crippen LogP contribution in [0.4, 0.5) is 0 Å². The molecule has 0 unspecified atom stereocenters. The Labute approximate surface area is 85.1 Å². The first-order valence-corrected chi connectivity index (χ1v) is 6.33. The third kappa shape index (κ3) is 4.15. The smallest absolute Gasteiger partial charge is 0.0300 e. The van der Waals surface area contributed by atoms with E-state index in [-0.39, 0.29) is 0 Å². The van der Waals surface area contributed by atoms with E-state index in [4.69, 9.17) is 0 Å². The van der Waals surface area contributed by atoms with Gasteiger partial charge in [-0.1, -0.05) is 59.8 Å². The molecule has 1 saturated carbocycles. The number of hydrogen-bond acceptors (Lipinski definition) is 0. The largest absolute Gasteiger partial charge is 0.0683 e. The van der Waals surface area contributed by atoms with Gasteiger partial charge in [-0.15, -0.1) is 0 Å². The molecular formula is C13H28. The van der Waals surface area contributed by atoms with Crippen LogP contribution in [0.3, 0.4) is 0 Å². The first-order valence-electron chi connectivity index (χ1n) is 6.33. The highest BCUT2D eigenvalue weighted by Crippen LogP contribution is 2.42. The van der Waals surface area contributed by atoms with Crippen LogP contribution in [-0.4, -0.2) is 0 Å². The van der Waals surface area contributed by atoms with E-state index < -0.39 is 0 Å². The van der Waals surface area contributed by atoms with Gasteiger partial charge in [0.25, 0.3) is 0 Å². The summed E-state index contributed by atoms with van der Waals surface area (Å²) in [6, 6.07) is 0. The van der Waals surface area contributed by atoms with Crippen molar-refractivity contribution in [2.75, 3.05) is 0 Å². The topological polar surface area (TPSA) is 0 Å². The maximum absolute atomic E-state index is 2.38. The third-order valence-corrected chi connectivity index (χ3v) is 3.44. The van der Waals surface area contributed by atoms with Crippen LogP contribution in [0.25, 0.3) is 0 Å². The molecule has 13 heavy (non-hydrogen) atoms. The first-order chi connectivity index (χ1) is 6.33. The Kier molecular flexibility index (Phi) is 7.41. The van der Waals surface area contributed by atoms with Crippen molar-refractivity contribution in [2.45, 2.75) is 79.1 Å². The van der Waals surface area contributed by atoms with Gasteiger partial charge in [0.1, 0.15) is 0 Å². The number of hydrogen-bond donors (Lipinski definition) is 0. The maximum atomic E-state index is 2.38. The Morgan fingerprint density at radius 2 is 1.46 bits per heavy atom. The lowest BCUT2D eigenvalue weighted by atomic mass is 9.70. The van der Waals surface area contributed by atoms with Crippen molar-refractivity contribution < 1.29 is 0 Å². The summed E-state index contributed by atoms with van der Waals surface area (Å²) in [5, 5.41) is 0. The fourth-order valence-corrected chi connectivity index (χ4v) is 2.61. The van der Waals surface area contributed by atoms with Crippen molar-refractivity contribution in [3.05, 3.63) is 0 Å². The van der Waals surface area contributed by atoms with E-state index in [1.165, 1.54) is 51.4 Å². The van der Waals surface area contributed by atoms with Crippen LogP contribution < -0.4 is 0 Å². The maximum Gasteiger partial charge on any atom is -0.0300 e. The van der Waals surface area contributed by atoms with Crippen molar-refractivity contribution >= 4 is 0 Å². The molecule has 0 radical (unpaired) electrons. The summed E-state index contributed by atoms with van der Waals surface area (Å²) in [6.45, 7) is 8.70. The fraction of sp³-hybridized carbons (Fsp3) is 1.00. The summed E-state index contributed by atoms with van der Waals surface area (Å²) in [7, 11) is 0. The minimum Gasteiger partial charge on any atom is -0.0683 e. The van der Waals surface area contributed by atoms with E-state index in [1.807, 2.05) is 13.8 Å². The Balaban J connectivity index is 0.000000671. The normalized spacial score (nSPS) is 20.3. The summed E-state index contributed by atoms with van der Waals surface area (Å²) < 4.78 is 0. The quantitative estimate of drug-likeness (QED) is 0.567. The molecule has 0 amide bonds. The highest BCUT2D eigenvalue weighted by molar-refractivity contribution is 4.80. The second-order valence-corrected chi connectivity index (χ2v) is 4.16. The Hall–Kier alpha value is 0. The predicted molar refractivity (Wildman–Crippen MR) is 62.1 cm³/mol. The van der Waals surface area contributed by atoms with Gasteiger partial charge in [-0.3, -0.25) is 0 Å². The highest BCUT2D eigenvalue weighted by Gasteiger charge is 2.28. The lowest BCUT2D eigenvalue weighted by Gasteiger charge is -2.36. The molecule has 1 fully saturated rings. The van der Waals surface area contributed by atoms with Gasteiger partial charge in [-0.2, -0.15) is 0 Å². The molecule has 0 aromatic rings. The van der Waals surface area contributed by atoms with Gasteiger partial charge >= 0.3 is 0 Å². The average molecular weight is 184 g/mol. The predicted octanol–water partition coefficient (Wildman–Crippen LogP) is 5.17. The standard InChI is InChI=1S/C11H22.C2H6/c1-3-8-11(4-2)9-6-5-7-10-11;1-2/h3-10H2,1-2H3;1-2H3. The van der Waals surface area contributed by atoms with E-state index in [1.54, 1.807) is 0 Å². The summed E-state index contributed by atoms with van der Waals surface area (Å²) in [4.78, 5) is 0. The van der Waals surface area contributed by atoms with Gasteiger partial charge in [0.2, 0.25) is 0 Å². The van der Waals surface area contributed by atoms with Crippen LogP contribution in [0.2, 0.25) is 0 Å². The van der Waals surface area contributed by atoms with Gasteiger partial charge < -0.3 is 0 Å². The lowest BCUT2D eigenvalue weighted by molar-refractivity contribution is 0.163. The van der Waals surface area contributed by atoms with Gasteiger partial charge in [-0.25, -0.2) is 0 Å². The Morgan fingerprint density at radius 1 is 0.923 bits per heavy atom. The summed E-state index contributed by atoms with van der Waals surface area (Å²) in [5.41, 5.74) is 0.771. The molecule has 1 rings (SSSR count). The molecule has 0 N–H and O–H groups in total. The van der Waals surface area contributed by atoms with E-state index in [0.29, 0.717) is 0 Å². The van der Waals surface area contributed by atoms with Gasteiger partial charge in [0, 0.05) is 0 Å². The van der Waals surface area contributed by atoms with E-state index >= 15 is 0 Å². The highest BCUT2D eigenvalue weighted by atomic mass is 14.3. The van der Waals surface area contributed by atoms with Crippen molar-refractivity contribution in [3.8, 4) is 0 Å². The first kappa shape index (κ1) is 13.0. The van der Waals surface area contributed by atoms with Crippen LogP contribution in [-0.2, 0) is 0 Å². The SMILES string of the molecule is CC.CCCC1(CC)CCCCC1. The molecule has 0 heteroatoms. The summed E-state index contributed by atoms with van der Waals surface area (Å²) in [5.74, 6) is 0.